The van der Waals surface area contributed by atoms with Gasteiger partial charge in [0.1, 0.15) is 0 Å². The molecular weight excluding hydrogens is 298 g/mol. The van der Waals surface area contributed by atoms with E-state index < -0.39 is 0 Å². The third kappa shape index (κ3) is 11.2. The maximum absolute atomic E-state index is 4.35. The molecule has 1 heterocycles. The Hall–Kier alpha value is -0.370. The molecular formula is C17H30BrN. The minimum absolute atomic E-state index is 0. The lowest BCUT2D eigenvalue weighted by molar-refractivity contribution is 0.555. The maximum atomic E-state index is 4.35. The van der Waals surface area contributed by atoms with Gasteiger partial charge in [0.05, 0.1) is 0 Å². The van der Waals surface area contributed by atoms with Gasteiger partial charge < -0.3 is 0 Å². The molecule has 1 aromatic rings. The summed E-state index contributed by atoms with van der Waals surface area (Å²) in [4.78, 5) is 4.35. The average molecular weight is 328 g/mol. The van der Waals surface area contributed by atoms with E-state index in [1.165, 1.54) is 69.9 Å². The molecule has 0 aromatic carbocycles. The van der Waals surface area contributed by atoms with Crippen LogP contribution in [0.25, 0.3) is 0 Å². The fraction of sp³-hybridized carbons (Fsp3) is 0.706. The molecule has 0 atom stereocenters. The van der Waals surface area contributed by atoms with Crippen molar-refractivity contribution in [1.29, 1.82) is 0 Å². The van der Waals surface area contributed by atoms with Crippen LogP contribution in [-0.4, -0.2) is 4.98 Å². The number of nitrogens with zero attached hydrogens (tertiary/aromatic N) is 1. The molecule has 19 heavy (non-hydrogen) atoms. The van der Waals surface area contributed by atoms with E-state index in [4.69, 9.17) is 0 Å². The molecule has 0 saturated carbocycles. The number of hydrogen-bond donors (Lipinski definition) is 0. The van der Waals surface area contributed by atoms with Crippen molar-refractivity contribution in [3.63, 3.8) is 0 Å². The third-order valence-electron chi connectivity index (χ3n) is 3.51. The first kappa shape index (κ1) is 18.6. The highest BCUT2D eigenvalue weighted by Crippen LogP contribution is 2.11. The number of unbranched alkanes of at least 4 members (excludes halogenated alkanes) is 9. The van der Waals surface area contributed by atoms with Crippen LogP contribution in [0.15, 0.2) is 24.4 Å². The van der Waals surface area contributed by atoms with Crippen LogP contribution in [0, 0.1) is 0 Å². The van der Waals surface area contributed by atoms with Crippen LogP contribution in [0.2, 0.25) is 0 Å². The largest absolute Gasteiger partial charge is 0.261 e. The highest BCUT2D eigenvalue weighted by atomic mass is 79.9. The van der Waals surface area contributed by atoms with Gasteiger partial charge in [0.15, 0.2) is 0 Å². The summed E-state index contributed by atoms with van der Waals surface area (Å²) in [6.07, 6.45) is 17.1. The topological polar surface area (TPSA) is 12.9 Å². The van der Waals surface area contributed by atoms with Gasteiger partial charge in [0.2, 0.25) is 0 Å². The molecule has 1 rings (SSSR count). The molecule has 0 N–H and O–H groups in total. The molecule has 0 aliphatic carbocycles. The van der Waals surface area contributed by atoms with Gasteiger partial charge in [-0.05, 0) is 25.0 Å². The Kier molecular flexibility index (Phi) is 13.8. The van der Waals surface area contributed by atoms with Crippen molar-refractivity contribution < 1.29 is 0 Å². The smallest absolute Gasteiger partial charge is 0.0403 e. The quantitative estimate of drug-likeness (QED) is 0.446. The van der Waals surface area contributed by atoms with Crippen molar-refractivity contribution in [2.75, 3.05) is 0 Å². The van der Waals surface area contributed by atoms with Crippen LogP contribution in [0.4, 0.5) is 0 Å². The van der Waals surface area contributed by atoms with Gasteiger partial charge in [-0.3, -0.25) is 4.98 Å². The molecule has 0 bridgehead atoms. The summed E-state index contributed by atoms with van der Waals surface area (Å²) in [6.45, 7) is 2.28. The van der Waals surface area contributed by atoms with Crippen molar-refractivity contribution in [2.24, 2.45) is 0 Å². The zero-order valence-corrected chi connectivity index (χ0v) is 14.2. The lowest BCUT2D eigenvalue weighted by Gasteiger charge is -2.02. The molecule has 0 amide bonds. The zero-order valence-electron chi connectivity index (χ0n) is 12.4. The minimum atomic E-state index is 0. The molecule has 0 spiro atoms. The standard InChI is InChI=1S/C17H29N.BrH/c1-2-3-4-5-6-7-8-9-10-11-14-17-15-12-13-16-18-17;/h12-13,15-16H,2-11,14H2,1H3;1H. The normalized spacial score (nSPS) is 10.2. The number of halogens is 1. The molecule has 0 saturated heterocycles. The molecule has 1 nitrogen and oxygen atoms in total. The Morgan fingerprint density at radius 2 is 1.37 bits per heavy atom. The van der Waals surface area contributed by atoms with Gasteiger partial charge in [-0.1, -0.05) is 70.8 Å². The fourth-order valence-electron chi connectivity index (χ4n) is 2.34. The number of pyridine rings is 1. The maximum Gasteiger partial charge on any atom is 0.0403 e. The monoisotopic (exact) mass is 327 g/mol. The van der Waals surface area contributed by atoms with Crippen molar-refractivity contribution in [3.05, 3.63) is 30.1 Å². The van der Waals surface area contributed by atoms with E-state index in [1.54, 1.807) is 0 Å². The average Bonchev–Trinajstić information content (AvgIpc) is 2.42. The van der Waals surface area contributed by atoms with Crippen LogP contribution >= 0.6 is 17.0 Å². The highest BCUT2D eigenvalue weighted by Gasteiger charge is 1.94. The summed E-state index contributed by atoms with van der Waals surface area (Å²) in [6, 6.07) is 6.20. The summed E-state index contributed by atoms with van der Waals surface area (Å²) in [5, 5.41) is 0. The van der Waals surface area contributed by atoms with E-state index in [-0.39, 0.29) is 17.0 Å². The Labute approximate surface area is 130 Å². The van der Waals surface area contributed by atoms with Gasteiger partial charge in [-0.15, -0.1) is 17.0 Å². The number of rotatable bonds is 11. The molecule has 0 radical (unpaired) electrons. The summed E-state index contributed by atoms with van der Waals surface area (Å²) in [5.74, 6) is 0. The van der Waals surface area contributed by atoms with Crippen LogP contribution in [0.3, 0.4) is 0 Å². The molecule has 0 fully saturated rings. The molecule has 1 aromatic heterocycles. The molecule has 0 aliphatic heterocycles. The summed E-state index contributed by atoms with van der Waals surface area (Å²) < 4.78 is 0. The SMILES string of the molecule is Br.CCCCCCCCCCCCc1ccccn1. The van der Waals surface area contributed by atoms with Crippen molar-refractivity contribution in [1.82, 2.24) is 4.98 Å². The Morgan fingerprint density at radius 3 is 1.89 bits per heavy atom. The van der Waals surface area contributed by atoms with Crippen LogP contribution < -0.4 is 0 Å². The molecule has 0 aliphatic rings. The van der Waals surface area contributed by atoms with Crippen molar-refractivity contribution in [3.8, 4) is 0 Å². The van der Waals surface area contributed by atoms with E-state index in [9.17, 15) is 0 Å². The highest BCUT2D eigenvalue weighted by molar-refractivity contribution is 8.93. The first-order chi connectivity index (χ1) is 8.93. The van der Waals surface area contributed by atoms with Crippen molar-refractivity contribution in [2.45, 2.75) is 77.6 Å². The number of aromatic nitrogens is 1. The third-order valence-corrected chi connectivity index (χ3v) is 3.51. The number of aryl methyl sites for hydroxylation is 1. The lowest BCUT2D eigenvalue weighted by atomic mass is 10.1. The van der Waals surface area contributed by atoms with E-state index in [0.717, 1.165) is 6.42 Å². The van der Waals surface area contributed by atoms with Crippen molar-refractivity contribution >= 4 is 17.0 Å². The summed E-state index contributed by atoms with van der Waals surface area (Å²) >= 11 is 0. The molecule has 110 valence electrons. The Bertz CT molecular complexity index is 274. The molecule has 2 heteroatoms. The predicted molar refractivity (Wildman–Crippen MR) is 90.1 cm³/mol. The zero-order chi connectivity index (χ0) is 12.9. The van der Waals surface area contributed by atoms with E-state index >= 15 is 0 Å². The van der Waals surface area contributed by atoms with E-state index in [2.05, 4.69) is 24.0 Å². The van der Waals surface area contributed by atoms with E-state index in [0.29, 0.717) is 0 Å². The second kappa shape index (κ2) is 14.0. The van der Waals surface area contributed by atoms with E-state index in [1.807, 2.05) is 12.3 Å². The van der Waals surface area contributed by atoms with Gasteiger partial charge in [0.25, 0.3) is 0 Å². The first-order valence-corrected chi connectivity index (χ1v) is 7.83. The Morgan fingerprint density at radius 1 is 0.789 bits per heavy atom. The van der Waals surface area contributed by atoms with Gasteiger partial charge in [-0.2, -0.15) is 0 Å². The molecule has 0 unspecified atom stereocenters. The number of hydrogen-bond acceptors (Lipinski definition) is 1. The Balaban J connectivity index is 0.00000324. The van der Waals surface area contributed by atoms with Crippen LogP contribution in [-0.2, 0) is 6.42 Å². The van der Waals surface area contributed by atoms with Gasteiger partial charge >= 0.3 is 0 Å². The van der Waals surface area contributed by atoms with Crippen LogP contribution in [0.1, 0.15) is 76.8 Å². The van der Waals surface area contributed by atoms with Gasteiger partial charge in [-0.25, -0.2) is 0 Å². The summed E-state index contributed by atoms with van der Waals surface area (Å²) in [5.41, 5.74) is 1.25. The lowest BCUT2D eigenvalue weighted by Crippen LogP contribution is -1.89. The fourth-order valence-corrected chi connectivity index (χ4v) is 2.34. The minimum Gasteiger partial charge on any atom is -0.261 e. The van der Waals surface area contributed by atoms with Gasteiger partial charge in [0, 0.05) is 11.9 Å². The first-order valence-electron chi connectivity index (χ1n) is 7.83. The van der Waals surface area contributed by atoms with Crippen LogP contribution in [0.5, 0.6) is 0 Å². The predicted octanol–water partition coefficient (Wildman–Crippen LogP) is 6.12. The second-order valence-corrected chi connectivity index (χ2v) is 5.25. The second-order valence-electron chi connectivity index (χ2n) is 5.25. The summed E-state index contributed by atoms with van der Waals surface area (Å²) in [7, 11) is 0.